The van der Waals surface area contributed by atoms with Crippen LogP contribution in [0.4, 0.5) is 5.95 Å². The Morgan fingerprint density at radius 3 is 2.62 bits per heavy atom. The molecule has 0 bridgehead atoms. The molecule has 0 spiro atoms. The second-order valence-electron chi connectivity index (χ2n) is 8.91. The van der Waals surface area contributed by atoms with Gasteiger partial charge in [0.15, 0.2) is 5.65 Å². The molecule has 0 aliphatic heterocycles. The number of hydrogen-bond acceptors (Lipinski definition) is 9. The van der Waals surface area contributed by atoms with E-state index in [-0.39, 0.29) is 37.0 Å². The van der Waals surface area contributed by atoms with E-state index in [4.69, 9.17) is 20.9 Å². The van der Waals surface area contributed by atoms with Crippen LogP contribution in [0, 0.1) is 11.8 Å². The highest BCUT2D eigenvalue weighted by Gasteiger charge is 2.22. The number of nitrogens with two attached hydrogens (primary N) is 2. The number of nitrogen functional groups attached to an aromatic ring is 1. The Bertz CT molecular complexity index is 903. The maximum Gasteiger partial charge on any atom is 0.323 e. The number of imidazole rings is 1. The summed E-state index contributed by atoms with van der Waals surface area (Å²) in [4.78, 5) is 37.0. The molecular formula is C24H40N6O4. The van der Waals surface area contributed by atoms with Crippen molar-refractivity contribution in [3.05, 3.63) is 12.5 Å². The molecule has 4 N–H and O–H groups in total. The predicted molar refractivity (Wildman–Crippen MR) is 131 cm³/mol. The summed E-state index contributed by atoms with van der Waals surface area (Å²) in [6.45, 7) is 6.94. The quantitative estimate of drug-likeness (QED) is 0.275. The molecule has 34 heavy (non-hydrogen) atoms. The molecule has 0 saturated heterocycles. The fraction of sp³-hybridized carbons (Fsp3) is 0.708. The summed E-state index contributed by atoms with van der Waals surface area (Å²) in [6, 6.07) is -0.647. The summed E-state index contributed by atoms with van der Waals surface area (Å²) in [7, 11) is 0. The van der Waals surface area contributed by atoms with Gasteiger partial charge in [-0.05, 0) is 18.8 Å². The Hall–Kier alpha value is -2.75. The predicted octanol–water partition coefficient (Wildman–Crippen LogP) is 3.24. The highest BCUT2D eigenvalue weighted by molar-refractivity contribution is 5.75. The third-order valence-electron chi connectivity index (χ3n) is 6.10. The van der Waals surface area contributed by atoms with Crippen LogP contribution in [0.15, 0.2) is 12.5 Å². The summed E-state index contributed by atoms with van der Waals surface area (Å²) < 4.78 is 12.8. The molecule has 0 aromatic carbocycles. The fourth-order valence-corrected chi connectivity index (χ4v) is 3.57. The first-order chi connectivity index (χ1) is 16.3. The summed E-state index contributed by atoms with van der Waals surface area (Å²) in [6.07, 6.45) is 10.3. The first kappa shape index (κ1) is 27.5. The monoisotopic (exact) mass is 476 g/mol. The molecule has 10 nitrogen and oxygen atoms in total. The minimum atomic E-state index is -0.647. The van der Waals surface area contributed by atoms with E-state index in [9.17, 15) is 9.59 Å². The van der Waals surface area contributed by atoms with E-state index in [1.54, 1.807) is 12.5 Å². The van der Waals surface area contributed by atoms with Crippen molar-refractivity contribution in [3.8, 4) is 0 Å². The van der Waals surface area contributed by atoms with Crippen LogP contribution in [-0.2, 0) is 25.6 Å². The van der Waals surface area contributed by atoms with Gasteiger partial charge in [0.05, 0.1) is 25.7 Å². The van der Waals surface area contributed by atoms with Gasteiger partial charge in [0, 0.05) is 18.9 Å². The maximum absolute atomic E-state index is 12.2. The molecule has 2 heterocycles. The minimum absolute atomic E-state index is 0.0454. The fourth-order valence-electron chi connectivity index (χ4n) is 3.57. The normalized spacial score (nSPS) is 14.0. The zero-order chi connectivity index (χ0) is 24.9. The molecule has 190 valence electrons. The van der Waals surface area contributed by atoms with Gasteiger partial charge in [-0.25, -0.2) is 9.97 Å². The standard InChI is InChI=1S/C24H40N6O4/c1-4-6-7-8-9-10-20(31)34-15-18(11-12-33-23(32)21(25)17(3)5-2)14-30-16-28-19-13-27-24(26)29-22(19)30/h13,16-18,21H,4-12,14-15,25H2,1-3H3,(H2,26,27,29)/t17-,18+,21-/m0/s1. The lowest BCUT2D eigenvalue weighted by Crippen LogP contribution is -2.38. The number of fused-ring (bicyclic) bond motifs is 1. The maximum atomic E-state index is 12.2. The molecule has 10 heteroatoms. The van der Waals surface area contributed by atoms with E-state index in [0.29, 0.717) is 30.6 Å². The molecule has 0 aliphatic carbocycles. The van der Waals surface area contributed by atoms with E-state index >= 15 is 0 Å². The van der Waals surface area contributed by atoms with Gasteiger partial charge in [-0.15, -0.1) is 0 Å². The number of aromatic nitrogens is 4. The minimum Gasteiger partial charge on any atom is -0.465 e. The van der Waals surface area contributed by atoms with Crippen LogP contribution < -0.4 is 11.5 Å². The number of carbonyl (C=O) groups is 2. The summed E-state index contributed by atoms with van der Waals surface area (Å²) >= 11 is 0. The van der Waals surface area contributed by atoms with Crippen molar-refractivity contribution in [2.75, 3.05) is 18.9 Å². The number of carbonyl (C=O) groups excluding carboxylic acids is 2. The second-order valence-corrected chi connectivity index (χ2v) is 8.91. The van der Waals surface area contributed by atoms with E-state index in [0.717, 1.165) is 25.7 Å². The molecule has 2 aromatic rings. The van der Waals surface area contributed by atoms with Crippen LogP contribution in [0.5, 0.6) is 0 Å². The van der Waals surface area contributed by atoms with Crippen LogP contribution in [0.25, 0.3) is 11.2 Å². The Kier molecular flexibility index (Phi) is 11.7. The summed E-state index contributed by atoms with van der Waals surface area (Å²) in [5, 5.41) is 0. The van der Waals surface area contributed by atoms with Gasteiger partial charge in [0.1, 0.15) is 11.6 Å². The molecular weight excluding hydrogens is 436 g/mol. The van der Waals surface area contributed by atoms with E-state index in [1.165, 1.54) is 12.8 Å². The van der Waals surface area contributed by atoms with Crippen molar-refractivity contribution in [1.82, 2.24) is 19.5 Å². The largest absolute Gasteiger partial charge is 0.465 e. The van der Waals surface area contributed by atoms with Crippen molar-refractivity contribution in [3.63, 3.8) is 0 Å². The second kappa shape index (κ2) is 14.5. The molecule has 0 aliphatic rings. The van der Waals surface area contributed by atoms with Crippen molar-refractivity contribution in [2.24, 2.45) is 17.6 Å². The molecule has 0 unspecified atom stereocenters. The zero-order valence-corrected chi connectivity index (χ0v) is 20.7. The highest BCUT2D eigenvalue weighted by atomic mass is 16.5. The van der Waals surface area contributed by atoms with Gasteiger partial charge < -0.3 is 25.5 Å². The van der Waals surface area contributed by atoms with Gasteiger partial charge in [-0.1, -0.05) is 52.9 Å². The molecule has 2 rings (SSSR count). The van der Waals surface area contributed by atoms with Crippen LogP contribution in [0.1, 0.15) is 72.1 Å². The van der Waals surface area contributed by atoms with Crippen molar-refractivity contribution in [2.45, 2.75) is 84.7 Å². The third kappa shape index (κ3) is 8.89. The molecule has 3 atom stereocenters. The number of esters is 2. The first-order valence-corrected chi connectivity index (χ1v) is 12.4. The van der Waals surface area contributed by atoms with E-state index in [1.807, 2.05) is 18.4 Å². The summed E-state index contributed by atoms with van der Waals surface area (Å²) in [5.41, 5.74) is 12.9. The topological polar surface area (TPSA) is 148 Å². The molecule has 2 aromatic heterocycles. The SMILES string of the molecule is CCCCCCCC(=O)OC[C@H](CCOC(=O)[C@@H](N)[C@@H](C)CC)Cn1cnc2cnc(N)nc21. The van der Waals surface area contributed by atoms with Crippen molar-refractivity contribution < 1.29 is 19.1 Å². The number of ether oxygens (including phenoxy) is 2. The first-order valence-electron chi connectivity index (χ1n) is 12.4. The number of nitrogens with zero attached hydrogens (tertiary/aromatic N) is 4. The zero-order valence-electron chi connectivity index (χ0n) is 20.7. The smallest absolute Gasteiger partial charge is 0.323 e. The third-order valence-corrected chi connectivity index (χ3v) is 6.10. The molecule has 0 radical (unpaired) electrons. The van der Waals surface area contributed by atoms with E-state index in [2.05, 4.69) is 21.9 Å². The van der Waals surface area contributed by atoms with Crippen LogP contribution in [0.3, 0.4) is 0 Å². The number of rotatable bonds is 16. The Morgan fingerprint density at radius 1 is 1.12 bits per heavy atom. The van der Waals surface area contributed by atoms with Gasteiger partial charge in [-0.3, -0.25) is 9.59 Å². The number of hydrogen-bond donors (Lipinski definition) is 2. The van der Waals surface area contributed by atoms with E-state index < -0.39 is 12.0 Å². The van der Waals surface area contributed by atoms with Crippen LogP contribution in [-0.4, -0.2) is 50.7 Å². The van der Waals surface area contributed by atoms with Crippen molar-refractivity contribution >= 4 is 29.1 Å². The Labute approximate surface area is 201 Å². The van der Waals surface area contributed by atoms with Crippen LogP contribution in [0.2, 0.25) is 0 Å². The average Bonchev–Trinajstić information content (AvgIpc) is 3.22. The van der Waals surface area contributed by atoms with Crippen LogP contribution >= 0.6 is 0 Å². The van der Waals surface area contributed by atoms with Gasteiger partial charge in [0.2, 0.25) is 5.95 Å². The van der Waals surface area contributed by atoms with Crippen molar-refractivity contribution in [1.29, 1.82) is 0 Å². The molecule has 0 amide bonds. The lowest BCUT2D eigenvalue weighted by molar-refractivity contribution is -0.149. The highest BCUT2D eigenvalue weighted by Crippen LogP contribution is 2.16. The number of anilines is 1. The lowest BCUT2D eigenvalue weighted by Gasteiger charge is -2.20. The van der Waals surface area contributed by atoms with Gasteiger partial charge >= 0.3 is 11.9 Å². The Balaban J connectivity index is 1.95. The van der Waals surface area contributed by atoms with Gasteiger partial charge in [-0.2, -0.15) is 4.98 Å². The van der Waals surface area contributed by atoms with Gasteiger partial charge in [0.25, 0.3) is 0 Å². The average molecular weight is 477 g/mol. The lowest BCUT2D eigenvalue weighted by atomic mass is 10.0. The Morgan fingerprint density at radius 2 is 1.88 bits per heavy atom. The molecule has 0 fully saturated rings. The summed E-state index contributed by atoms with van der Waals surface area (Å²) in [5.74, 6) is -0.521. The number of unbranched alkanes of at least 4 members (excludes halogenated alkanes) is 4. The molecule has 0 saturated carbocycles.